The van der Waals surface area contributed by atoms with Gasteiger partial charge in [0.1, 0.15) is 0 Å². The number of halogens is 1. The number of ether oxygens (including phenoxy) is 2. The third kappa shape index (κ3) is 5.46. The molecule has 0 unspecified atom stereocenters. The summed E-state index contributed by atoms with van der Waals surface area (Å²) in [5.41, 5.74) is -0.650. The Bertz CT molecular complexity index is 547. The summed E-state index contributed by atoms with van der Waals surface area (Å²) in [5.74, 6) is -1.23. The lowest BCUT2D eigenvalue weighted by Crippen LogP contribution is -2.43. The zero-order chi connectivity index (χ0) is 18.0. The van der Waals surface area contributed by atoms with Gasteiger partial charge in [-0.3, -0.25) is 9.59 Å². The van der Waals surface area contributed by atoms with E-state index in [0.717, 1.165) is 10.0 Å². The van der Waals surface area contributed by atoms with E-state index in [1.54, 1.807) is 19.9 Å². The minimum atomic E-state index is -1.47. The lowest BCUT2D eigenvalue weighted by Gasteiger charge is -2.28. The number of rotatable bonds is 9. The minimum Gasteiger partial charge on any atom is -0.465 e. The summed E-state index contributed by atoms with van der Waals surface area (Å²) in [7, 11) is 0. The second kappa shape index (κ2) is 10.3. The van der Waals surface area contributed by atoms with Crippen molar-refractivity contribution in [3.05, 3.63) is 46.5 Å². The third-order valence-corrected chi connectivity index (χ3v) is 4.02. The molecular weight excluding hydrogens is 376 g/mol. The van der Waals surface area contributed by atoms with E-state index in [-0.39, 0.29) is 32.7 Å². The summed E-state index contributed by atoms with van der Waals surface area (Å²) >= 11 is 3.36. The average molecular weight is 399 g/mol. The standard InChI is InChI=1S/C18H23BrO5/c1-3-23-16(21)18(11-5-6-12-20,17(22)24-4-2)13-14-7-9-15(19)10-8-14/h5-10,20H,3-4,11-13H2,1-2H3/b6-5-. The molecule has 1 N–H and O–H groups in total. The zero-order valence-corrected chi connectivity index (χ0v) is 15.5. The van der Waals surface area contributed by atoms with Gasteiger partial charge in [0.15, 0.2) is 5.41 Å². The van der Waals surface area contributed by atoms with E-state index in [1.807, 2.05) is 24.3 Å². The number of carbonyl (C=O) groups excluding carboxylic acids is 2. The van der Waals surface area contributed by atoms with Gasteiger partial charge in [-0.05, 0) is 44.4 Å². The fourth-order valence-electron chi connectivity index (χ4n) is 2.31. The molecule has 0 heterocycles. The maximum Gasteiger partial charge on any atom is 0.324 e. The van der Waals surface area contributed by atoms with Gasteiger partial charge in [-0.15, -0.1) is 0 Å². The molecule has 0 bridgehead atoms. The molecule has 0 amide bonds. The quantitative estimate of drug-likeness (QED) is 0.393. The molecule has 0 fully saturated rings. The van der Waals surface area contributed by atoms with Gasteiger partial charge >= 0.3 is 11.9 Å². The number of benzene rings is 1. The van der Waals surface area contributed by atoms with Gasteiger partial charge in [-0.25, -0.2) is 0 Å². The van der Waals surface area contributed by atoms with Crippen LogP contribution in [0.25, 0.3) is 0 Å². The van der Waals surface area contributed by atoms with E-state index in [2.05, 4.69) is 15.9 Å². The summed E-state index contributed by atoms with van der Waals surface area (Å²) in [6.07, 6.45) is 3.36. The maximum absolute atomic E-state index is 12.6. The third-order valence-electron chi connectivity index (χ3n) is 3.49. The van der Waals surface area contributed by atoms with Gasteiger partial charge in [0.2, 0.25) is 0 Å². The van der Waals surface area contributed by atoms with Crippen LogP contribution in [0.15, 0.2) is 40.9 Å². The van der Waals surface area contributed by atoms with E-state index in [1.165, 1.54) is 6.08 Å². The van der Waals surface area contributed by atoms with Crippen LogP contribution in [0.4, 0.5) is 0 Å². The molecule has 0 aliphatic heterocycles. The van der Waals surface area contributed by atoms with Crippen LogP contribution in [0.3, 0.4) is 0 Å². The number of hydrogen-bond donors (Lipinski definition) is 1. The highest BCUT2D eigenvalue weighted by Gasteiger charge is 2.48. The van der Waals surface area contributed by atoms with Crippen LogP contribution in [0.5, 0.6) is 0 Å². The molecule has 0 radical (unpaired) electrons. The topological polar surface area (TPSA) is 72.8 Å². The van der Waals surface area contributed by atoms with Crippen molar-refractivity contribution in [2.24, 2.45) is 5.41 Å². The Labute approximate surface area is 150 Å². The first-order valence-corrected chi connectivity index (χ1v) is 8.64. The normalized spacial score (nSPS) is 11.5. The average Bonchev–Trinajstić information content (AvgIpc) is 2.56. The molecule has 0 aromatic heterocycles. The summed E-state index contributed by atoms with van der Waals surface area (Å²) in [6.45, 7) is 3.56. The van der Waals surface area contributed by atoms with Gasteiger partial charge in [0.05, 0.1) is 19.8 Å². The SMILES string of the molecule is CCOC(=O)C(C/C=C\CO)(Cc1ccc(Br)cc1)C(=O)OCC. The van der Waals surface area contributed by atoms with Crippen molar-refractivity contribution in [3.63, 3.8) is 0 Å². The van der Waals surface area contributed by atoms with E-state index in [0.29, 0.717) is 0 Å². The lowest BCUT2D eigenvalue weighted by atomic mass is 9.78. The predicted octanol–water partition coefficient (Wildman–Crippen LogP) is 3.04. The summed E-state index contributed by atoms with van der Waals surface area (Å²) in [5, 5.41) is 8.94. The first-order chi connectivity index (χ1) is 11.5. The zero-order valence-electron chi connectivity index (χ0n) is 14.0. The first kappa shape index (κ1) is 20.4. The van der Waals surface area contributed by atoms with Crippen molar-refractivity contribution < 1.29 is 24.2 Å². The van der Waals surface area contributed by atoms with Crippen LogP contribution >= 0.6 is 15.9 Å². The minimum absolute atomic E-state index is 0.0985. The van der Waals surface area contributed by atoms with Crippen molar-refractivity contribution in [1.82, 2.24) is 0 Å². The van der Waals surface area contributed by atoms with Crippen LogP contribution in [-0.4, -0.2) is 36.9 Å². The lowest BCUT2D eigenvalue weighted by molar-refractivity contribution is -0.171. The number of aliphatic hydroxyl groups is 1. The molecule has 0 aliphatic carbocycles. The summed E-state index contributed by atoms with van der Waals surface area (Å²) in [6, 6.07) is 7.38. The number of esters is 2. The van der Waals surface area contributed by atoms with Crippen LogP contribution < -0.4 is 0 Å². The molecule has 1 rings (SSSR count). The van der Waals surface area contributed by atoms with Crippen LogP contribution in [-0.2, 0) is 25.5 Å². The molecule has 0 aliphatic rings. The first-order valence-electron chi connectivity index (χ1n) is 7.85. The number of hydrogen-bond acceptors (Lipinski definition) is 5. The van der Waals surface area contributed by atoms with Crippen molar-refractivity contribution in [3.8, 4) is 0 Å². The van der Waals surface area contributed by atoms with E-state index >= 15 is 0 Å². The Morgan fingerprint density at radius 1 is 1.08 bits per heavy atom. The van der Waals surface area contributed by atoms with Gasteiger partial charge in [-0.2, -0.15) is 0 Å². The Morgan fingerprint density at radius 3 is 2.08 bits per heavy atom. The van der Waals surface area contributed by atoms with Gasteiger partial charge in [0.25, 0.3) is 0 Å². The molecule has 0 spiro atoms. The molecule has 0 saturated heterocycles. The van der Waals surface area contributed by atoms with Gasteiger partial charge in [-0.1, -0.05) is 40.2 Å². The Morgan fingerprint density at radius 2 is 1.62 bits per heavy atom. The van der Waals surface area contributed by atoms with Gasteiger partial charge in [0, 0.05) is 4.47 Å². The fourth-order valence-corrected chi connectivity index (χ4v) is 2.58. The van der Waals surface area contributed by atoms with Gasteiger partial charge < -0.3 is 14.6 Å². The van der Waals surface area contributed by atoms with E-state index < -0.39 is 17.4 Å². The van der Waals surface area contributed by atoms with E-state index in [4.69, 9.17) is 14.6 Å². The number of aliphatic hydroxyl groups excluding tert-OH is 1. The fraction of sp³-hybridized carbons (Fsp3) is 0.444. The molecule has 1 aromatic rings. The van der Waals surface area contributed by atoms with Crippen molar-refractivity contribution in [2.75, 3.05) is 19.8 Å². The number of carbonyl (C=O) groups is 2. The Kier molecular flexibility index (Phi) is 8.71. The highest BCUT2D eigenvalue weighted by molar-refractivity contribution is 9.10. The molecule has 132 valence electrons. The summed E-state index contributed by atoms with van der Waals surface area (Å²) < 4.78 is 11.2. The maximum atomic E-state index is 12.6. The van der Waals surface area contributed by atoms with E-state index in [9.17, 15) is 9.59 Å². The Balaban J connectivity index is 3.25. The van der Waals surface area contributed by atoms with Crippen LogP contribution in [0, 0.1) is 5.41 Å². The molecular formula is C18H23BrO5. The monoisotopic (exact) mass is 398 g/mol. The van der Waals surface area contributed by atoms with Crippen molar-refractivity contribution in [1.29, 1.82) is 0 Å². The number of allylic oxidation sites excluding steroid dienone is 1. The molecule has 0 saturated carbocycles. The second-order valence-electron chi connectivity index (χ2n) is 5.18. The molecule has 1 aromatic carbocycles. The predicted molar refractivity (Wildman–Crippen MR) is 94.4 cm³/mol. The molecule has 5 nitrogen and oxygen atoms in total. The largest absolute Gasteiger partial charge is 0.465 e. The van der Waals surface area contributed by atoms with Crippen LogP contribution in [0.1, 0.15) is 25.8 Å². The van der Waals surface area contributed by atoms with Crippen molar-refractivity contribution >= 4 is 27.9 Å². The van der Waals surface area contributed by atoms with Crippen molar-refractivity contribution in [2.45, 2.75) is 26.7 Å². The molecule has 0 atom stereocenters. The Hall–Kier alpha value is -1.66. The molecule has 6 heteroatoms. The second-order valence-corrected chi connectivity index (χ2v) is 6.10. The molecule has 24 heavy (non-hydrogen) atoms. The highest BCUT2D eigenvalue weighted by Crippen LogP contribution is 2.32. The highest BCUT2D eigenvalue weighted by atomic mass is 79.9. The summed E-state index contributed by atoms with van der Waals surface area (Å²) in [4.78, 5) is 25.2. The smallest absolute Gasteiger partial charge is 0.324 e. The van der Waals surface area contributed by atoms with Crippen LogP contribution in [0.2, 0.25) is 0 Å².